The predicted octanol–water partition coefficient (Wildman–Crippen LogP) is 4.92. The van der Waals surface area contributed by atoms with Crippen molar-refractivity contribution in [1.82, 2.24) is 10.2 Å². The molecule has 2 atom stereocenters. The molecule has 3 aromatic carbocycles. The first-order valence-corrected chi connectivity index (χ1v) is 15.8. The second-order valence-electron chi connectivity index (χ2n) is 9.78. The van der Waals surface area contributed by atoms with Crippen LogP contribution in [0.15, 0.2) is 78.9 Å². The van der Waals surface area contributed by atoms with Crippen LogP contribution in [0.1, 0.15) is 37.0 Å². The normalized spacial score (nSPS) is 12.8. The van der Waals surface area contributed by atoms with E-state index in [0.717, 1.165) is 37.2 Å². The number of carbonyl (C=O) groups is 2. The SMILES string of the molecule is CCC(C)NC(=O)C(Cc1ccccc1)N(Cc1ccc(C)cc1)C(=O)CN(c1ccc(I)cc1)S(C)(=O)=O. The van der Waals surface area contributed by atoms with E-state index < -0.39 is 28.5 Å². The molecule has 39 heavy (non-hydrogen) atoms. The van der Waals surface area contributed by atoms with Gasteiger partial charge in [0.25, 0.3) is 0 Å². The number of sulfonamides is 1. The molecule has 0 saturated carbocycles. The van der Waals surface area contributed by atoms with Gasteiger partial charge in [0, 0.05) is 22.6 Å². The molecule has 0 bridgehead atoms. The number of rotatable bonds is 12. The first kappa shape index (κ1) is 30.6. The Hall–Kier alpha value is -2.92. The van der Waals surface area contributed by atoms with Gasteiger partial charge in [0.1, 0.15) is 12.6 Å². The summed E-state index contributed by atoms with van der Waals surface area (Å²) in [5.41, 5.74) is 3.23. The Kier molecular flexibility index (Phi) is 10.9. The lowest BCUT2D eigenvalue weighted by Crippen LogP contribution is -2.54. The summed E-state index contributed by atoms with van der Waals surface area (Å²) in [5.74, 6) is -0.728. The molecule has 7 nitrogen and oxygen atoms in total. The van der Waals surface area contributed by atoms with Crippen LogP contribution in [0.3, 0.4) is 0 Å². The van der Waals surface area contributed by atoms with Gasteiger partial charge >= 0.3 is 0 Å². The fourth-order valence-corrected chi connectivity index (χ4v) is 5.32. The van der Waals surface area contributed by atoms with Crippen LogP contribution < -0.4 is 9.62 Å². The summed E-state index contributed by atoms with van der Waals surface area (Å²) in [5, 5.41) is 3.04. The van der Waals surface area contributed by atoms with Gasteiger partial charge in [0.05, 0.1) is 11.9 Å². The maximum Gasteiger partial charge on any atom is 0.244 e. The molecule has 0 heterocycles. The first-order chi connectivity index (χ1) is 18.5. The van der Waals surface area contributed by atoms with Crippen LogP contribution in [0.4, 0.5) is 5.69 Å². The molecular formula is C30H36IN3O4S. The highest BCUT2D eigenvalue weighted by atomic mass is 127. The number of nitrogens with zero attached hydrogens (tertiary/aromatic N) is 2. The molecule has 2 unspecified atom stereocenters. The van der Waals surface area contributed by atoms with Crippen molar-refractivity contribution < 1.29 is 18.0 Å². The van der Waals surface area contributed by atoms with E-state index in [9.17, 15) is 18.0 Å². The molecule has 0 aliphatic heterocycles. The molecule has 0 aromatic heterocycles. The molecule has 0 aliphatic carbocycles. The highest BCUT2D eigenvalue weighted by Crippen LogP contribution is 2.21. The third-order valence-electron chi connectivity index (χ3n) is 6.54. The average molecular weight is 662 g/mol. The van der Waals surface area contributed by atoms with E-state index in [1.807, 2.05) is 75.4 Å². The maximum atomic E-state index is 14.0. The third kappa shape index (κ3) is 9.06. The molecule has 3 aromatic rings. The lowest BCUT2D eigenvalue weighted by molar-refractivity contribution is -0.140. The Labute approximate surface area is 245 Å². The number of hydrogen-bond acceptors (Lipinski definition) is 4. The highest BCUT2D eigenvalue weighted by Gasteiger charge is 2.33. The van der Waals surface area contributed by atoms with Gasteiger partial charge < -0.3 is 10.2 Å². The van der Waals surface area contributed by atoms with Crippen LogP contribution in [0, 0.1) is 10.5 Å². The third-order valence-corrected chi connectivity index (χ3v) is 8.40. The zero-order chi connectivity index (χ0) is 28.6. The number of benzene rings is 3. The van der Waals surface area contributed by atoms with Gasteiger partial charge in [0.15, 0.2) is 0 Å². The van der Waals surface area contributed by atoms with Crippen LogP contribution >= 0.6 is 22.6 Å². The van der Waals surface area contributed by atoms with Gasteiger partial charge in [0.2, 0.25) is 21.8 Å². The molecule has 0 spiro atoms. The van der Waals surface area contributed by atoms with Crippen molar-refractivity contribution in [2.45, 2.75) is 52.2 Å². The van der Waals surface area contributed by atoms with E-state index in [1.54, 1.807) is 24.3 Å². The van der Waals surface area contributed by atoms with Crippen molar-refractivity contribution >= 4 is 50.1 Å². The van der Waals surface area contributed by atoms with Crippen molar-refractivity contribution in [2.24, 2.45) is 0 Å². The molecule has 0 radical (unpaired) electrons. The summed E-state index contributed by atoms with van der Waals surface area (Å²) in [7, 11) is -3.78. The fourth-order valence-electron chi connectivity index (χ4n) is 4.11. The van der Waals surface area contributed by atoms with Crippen molar-refractivity contribution in [3.63, 3.8) is 0 Å². The van der Waals surface area contributed by atoms with Crippen molar-refractivity contribution in [1.29, 1.82) is 0 Å². The summed E-state index contributed by atoms with van der Waals surface area (Å²) in [6.45, 7) is 5.63. The number of anilines is 1. The topological polar surface area (TPSA) is 86.8 Å². The van der Waals surface area contributed by atoms with Gasteiger partial charge in [-0.1, -0.05) is 67.1 Å². The van der Waals surface area contributed by atoms with Crippen LogP contribution in [0.5, 0.6) is 0 Å². The van der Waals surface area contributed by atoms with E-state index >= 15 is 0 Å². The van der Waals surface area contributed by atoms with Gasteiger partial charge in [-0.2, -0.15) is 0 Å². The molecule has 208 valence electrons. The van der Waals surface area contributed by atoms with Gasteiger partial charge in [-0.15, -0.1) is 0 Å². The Balaban J connectivity index is 2.04. The summed E-state index contributed by atoms with van der Waals surface area (Å²) in [6.07, 6.45) is 2.12. The second kappa shape index (κ2) is 13.9. The Morgan fingerprint density at radius 2 is 1.54 bits per heavy atom. The van der Waals surface area contributed by atoms with E-state index in [2.05, 4.69) is 27.9 Å². The average Bonchev–Trinajstić information content (AvgIpc) is 2.90. The molecule has 0 aliphatic rings. The molecule has 1 N–H and O–H groups in total. The number of amides is 2. The standard InChI is InChI=1S/C30H36IN3O4S/c1-5-23(3)32-30(36)28(19-24-9-7-6-8-10-24)33(20-25-13-11-22(2)12-14-25)29(35)21-34(39(4,37)38)27-17-15-26(31)16-18-27/h6-18,23,28H,5,19-21H2,1-4H3,(H,32,36). The van der Waals surface area contributed by atoms with E-state index in [0.29, 0.717) is 12.1 Å². The van der Waals surface area contributed by atoms with Crippen LogP contribution in [0.2, 0.25) is 0 Å². The Morgan fingerprint density at radius 1 is 0.923 bits per heavy atom. The highest BCUT2D eigenvalue weighted by molar-refractivity contribution is 14.1. The molecule has 3 rings (SSSR count). The predicted molar refractivity (Wildman–Crippen MR) is 165 cm³/mol. The lowest BCUT2D eigenvalue weighted by atomic mass is 10.0. The smallest absolute Gasteiger partial charge is 0.244 e. The van der Waals surface area contributed by atoms with Crippen LogP contribution in [-0.4, -0.2) is 50.0 Å². The van der Waals surface area contributed by atoms with Crippen molar-refractivity contribution in [3.05, 3.63) is 99.1 Å². The van der Waals surface area contributed by atoms with Gasteiger partial charge in [-0.3, -0.25) is 13.9 Å². The lowest BCUT2D eigenvalue weighted by Gasteiger charge is -2.34. The zero-order valence-electron chi connectivity index (χ0n) is 22.8. The first-order valence-electron chi connectivity index (χ1n) is 12.9. The zero-order valence-corrected chi connectivity index (χ0v) is 25.8. The quantitative estimate of drug-likeness (QED) is 0.280. The fraction of sp³-hybridized carbons (Fsp3) is 0.333. The summed E-state index contributed by atoms with van der Waals surface area (Å²) >= 11 is 2.14. The van der Waals surface area contributed by atoms with E-state index in [1.165, 1.54) is 4.90 Å². The summed E-state index contributed by atoms with van der Waals surface area (Å²) in [4.78, 5) is 29.2. The number of aryl methyl sites for hydroxylation is 1. The second-order valence-corrected chi connectivity index (χ2v) is 12.9. The van der Waals surface area contributed by atoms with Gasteiger partial charge in [-0.25, -0.2) is 8.42 Å². The summed E-state index contributed by atoms with van der Waals surface area (Å²) < 4.78 is 27.7. The number of nitrogens with one attached hydrogen (secondary N) is 1. The van der Waals surface area contributed by atoms with Crippen molar-refractivity contribution in [3.8, 4) is 0 Å². The Bertz CT molecular complexity index is 1350. The van der Waals surface area contributed by atoms with Crippen LogP contribution in [-0.2, 0) is 32.6 Å². The molecule has 0 fully saturated rings. The summed E-state index contributed by atoms with van der Waals surface area (Å²) in [6, 6.07) is 23.3. The maximum absolute atomic E-state index is 14.0. The van der Waals surface area contributed by atoms with Gasteiger partial charge in [-0.05, 0) is 78.3 Å². The van der Waals surface area contributed by atoms with Crippen LogP contribution in [0.25, 0.3) is 0 Å². The largest absolute Gasteiger partial charge is 0.352 e. The minimum atomic E-state index is -3.78. The monoisotopic (exact) mass is 661 g/mol. The van der Waals surface area contributed by atoms with E-state index in [4.69, 9.17) is 0 Å². The minimum Gasteiger partial charge on any atom is -0.352 e. The van der Waals surface area contributed by atoms with E-state index in [-0.39, 0.29) is 18.5 Å². The molecule has 0 saturated heterocycles. The molecular weight excluding hydrogens is 625 g/mol. The van der Waals surface area contributed by atoms with Crippen molar-refractivity contribution in [2.75, 3.05) is 17.1 Å². The molecule has 9 heteroatoms. The number of hydrogen-bond donors (Lipinski definition) is 1. The number of halogens is 1. The minimum absolute atomic E-state index is 0.0774. The number of carbonyl (C=O) groups excluding carboxylic acids is 2. The molecule has 2 amide bonds. The Morgan fingerprint density at radius 3 is 2.10 bits per heavy atom.